The van der Waals surface area contributed by atoms with Crippen molar-refractivity contribution in [2.24, 2.45) is 5.92 Å². The van der Waals surface area contributed by atoms with E-state index in [1.54, 1.807) is 0 Å². The van der Waals surface area contributed by atoms with E-state index in [0.717, 1.165) is 17.5 Å². The molecule has 4 atom stereocenters. The van der Waals surface area contributed by atoms with Crippen molar-refractivity contribution in [3.05, 3.63) is 30.1 Å². The molecule has 0 radical (unpaired) electrons. The molecular weight excluding hydrogens is 336 g/mol. The fourth-order valence-corrected chi connectivity index (χ4v) is 3.85. The van der Waals surface area contributed by atoms with Gasteiger partial charge in [0, 0.05) is 19.4 Å². The van der Waals surface area contributed by atoms with E-state index in [9.17, 15) is 9.59 Å². The third-order valence-electron chi connectivity index (χ3n) is 4.99. The molecule has 8 nitrogen and oxygen atoms in total. The minimum atomic E-state index is -0.202. The molecule has 2 aliphatic rings. The monoisotopic (exact) mass is 358 g/mol. The fraction of sp³-hybridized carbons (Fsp3) is 0.500. The molecule has 2 fully saturated rings. The smallest absolute Gasteiger partial charge is 0.246 e. The van der Waals surface area contributed by atoms with E-state index < -0.39 is 0 Å². The van der Waals surface area contributed by atoms with Crippen molar-refractivity contribution in [3.63, 3.8) is 0 Å². The number of fused-ring (bicyclic) bond motifs is 2. The molecule has 4 rings (SSSR count). The van der Waals surface area contributed by atoms with Crippen LogP contribution in [0.2, 0.25) is 0 Å². The van der Waals surface area contributed by atoms with Gasteiger partial charge >= 0.3 is 0 Å². The third-order valence-corrected chi connectivity index (χ3v) is 4.99. The number of benzene rings is 1. The largest absolute Gasteiger partial charge is 0.376 e. The van der Waals surface area contributed by atoms with E-state index in [2.05, 4.69) is 20.6 Å². The van der Waals surface area contributed by atoms with Gasteiger partial charge in [-0.1, -0.05) is 12.1 Å². The molecule has 0 spiro atoms. The Morgan fingerprint density at radius 3 is 2.96 bits per heavy atom. The van der Waals surface area contributed by atoms with Crippen LogP contribution in [0, 0.1) is 5.92 Å². The second kappa shape index (κ2) is 7.05. The van der Waals surface area contributed by atoms with Crippen LogP contribution in [0.1, 0.15) is 19.2 Å². The van der Waals surface area contributed by atoms with Crippen LogP contribution in [0.3, 0.4) is 0 Å². The highest BCUT2D eigenvalue weighted by Crippen LogP contribution is 2.39. The first-order valence-electron chi connectivity index (χ1n) is 8.81. The van der Waals surface area contributed by atoms with Crippen LogP contribution in [0.15, 0.2) is 24.3 Å². The molecular formula is C18H22N4O4. The number of nitrogens with zero attached hydrogens (tertiary/aromatic N) is 1. The van der Waals surface area contributed by atoms with Crippen molar-refractivity contribution in [2.75, 3.05) is 13.2 Å². The number of imidazole rings is 1. The Bertz CT molecular complexity index is 787. The number of carbonyl (C=O) groups excluding carboxylic acids is 2. The minimum Gasteiger partial charge on any atom is -0.376 e. The lowest BCUT2D eigenvalue weighted by Gasteiger charge is -2.47. The number of para-hydroxylation sites is 2. The Hall–Kier alpha value is -2.45. The molecule has 3 N–H and O–H groups in total. The molecule has 26 heavy (non-hydrogen) atoms. The van der Waals surface area contributed by atoms with E-state index in [1.807, 2.05) is 24.3 Å². The van der Waals surface area contributed by atoms with Crippen LogP contribution in [-0.2, 0) is 25.7 Å². The molecule has 0 unspecified atom stereocenters. The molecule has 2 aromatic rings. The first kappa shape index (κ1) is 17.0. The number of H-pyrrole nitrogens is 1. The second-order valence-corrected chi connectivity index (χ2v) is 6.80. The molecule has 1 saturated carbocycles. The maximum atomic E-state index is 12.2. The third kappa shape index (κ3) is 3.30. The highest BCUT2D eigenvalue weighted by molar-refractivity contribution is 5.78. The van der Waals surface area contributed by atoms with E-state index in [0.29, 0.717) is 12.4 Å². The standard InChI is InChI=1S/C18H22N4O4/c1-10(23)19-17-16(11-6-7-26-18(11)17)22-15(24)9-25-8-14-20-12-4-2-3-5-13(12)21-14/h2-5,11,16-18H,6-9H2,1H3,(H,19,23)(H,20,21)(H,22,24)/t11-,16+,17-,18-/m1/s1. The summed E-state index contributed by atoms with van der Waals surface area (Å²) in [6.45, 7) is 2.31. The van der Waals surface area contributed by atoms with Crippen molar-refractivity contribution in [3.8, 4) is 0 Å². The Morgan fingerprint density at radius 2 is 2.15 bits per heavy atom. The van der Waals surface area contributed by atoms with Gasteiger partial charge in [0.2, 0.25) is 11.8 Å². The summed E-state index contributed by atoms with van der Waals surface area (Å²) in [5.41, 5.74) is 1.81. The quantitative estimate of drug-likeness (QED) is 0.697. The Labute approximate surface area is 150 Å². The van der Waals surface area contributed by atoms with Gasteiger partial charge in [0.1, 0.15) is 19.0 Å². The van der Waals surface area contributed by atoms with Crippen molar-refractivity contribution in [2.45, 2.75) is 38.1 Å². The number of hydrogen-bond acceptors (Lipinski definition) is 5. The van der Waals surface area contributed by atoms with E-state index in [4.69, 9.17) is 9.47 Å². The van der Waals surface area contributed by atoms with Crippen molar-refractivity contribution in [1.29, 1.82) is 0 Å². The molecule has 1 aliphatic heterocycles. The lowest BCUT2D eigenvalue weighted by molar-refractivity contribution is -0.133. The van der Waals surface area contributed by atoms with Crippen LogP contribution in [0.4, 0.5) is 0 Å². The van der Waals surface area contributed by atoms with Gasteiger partial charge in [-0.15, -0.1) is 0 Å². The van der Waals surface area contributed by atoms with Crippen LogP contribution >= 0.6 is 0 Å². The molecule has 1 aliphatic carbocycles. The Balaban J connectivity index is 1.27. The molecule has 2 heterocycles. The molecule has 0 bridgehead atoms. The predicted molar refractivity (Wildman–Crippen MR) is 93.1 cm³/mol. The van der Waals surface area contributed by atoms with E-state index in [-0.39, 0.29) is 49.1 Å². The fourth-order valence-electron chi connectivity index (χ4n) is 3.85. The number of rotatable bonds is 6. The first-order chi connectivity index (χ1) is 12.6. The van der Waals surface area contributed by atoms with Crippen molar-refractivity contribution in [1.82, 2.24) is 20.6 Å². The number of ether oxygens (including phenoxy) is 2. The molecule has 138 valence electrons. The topological polar surface area (TPSA) is 105 Å². The van der Waals surface area contributed by atoms with Gasteiger partial charge in [0.25, 0.3) is 0 Å². The number of aromatic nitrogens is 2. The van der Waals surface area contributed by atoms with Crippen LogP contribution in [-0.4, -0.2) is 53.2 Å². The molecule has 2 amide bonds. The average Bonchev–Trinajstić information content (AvgIpc) is 3.21. The van der Waals surface area contributed by atoms with Crippen LogP contribution < -0.4 is 10.6 Å². The minimum absolute atomic E-state index is 0.000617. The maximum Gasteiger partial charge on any atom is 0.246 e. The number of aromatic amines is 1. The molecule has 1 saturated heterocycles. The molecule has 1 aromatic heterocycles. The summed E-state index contributed by atoms with van der Waals surface area (Å²) in [6.07, 6.45) is 0.895. The zero-order chi connectivity index (χ0) is 18.1. The summed E-state index contributed by atoms with van der Waals surface area (Å²) in [5, 5.41) is 5.84. The average molecular weight is 358 g/mol. The van der Waals surface area contributed by atoms with Crippen molar-refractivity contribution < 1.29 is 19.1 Å². The van der Waals surface area contributed by atoms with Crippen molar-refractivity contribution >= 4 is 22.8 Å². The highest BCUT2D eigenvalue weighted by atomic mass is 16.5. The molecule has 8 heteroatoms. The summed E-state index contributed by atoms with van der Waals surface area (Å²) >= 11 is 0. The summed E-state index contributed by atoms with van der Waals surface area (Å²) in [6, 6.07) is 7.44. The zero-order valence-corrected chi connectivity index (χ0v) is 14.5. The van der Waals surface area contributed by atoms with Crippen LogP contribution in [0.25, 0.3) is 11.0 Å². The number of hydrogen-bond donors (Lipinski definition) is 3. The summed E-state index contributed by atoms with van der Waals surface area (Å²) < 4.78 is 11.1. The molecule has 1 aromatic carbocycles. The van der Waals surface area contributed by atoms with Crippen LogP contribution in [0.5, 0.6) is 0 Å². The van der Waals surface area contributed by atoms with Gasteiger partial charge < -0.3 is 25.1 Å². The zero-order valence-electron chi connectivity index (χ0n) is 14.5. The van der Waals surface area contributed by atoms with E-state index in [1.165, 1.54) is 6.92 Å². The van der Waals surface area contributed by atoms with E-state index >= 15 is 0 Å². The van der Waals surface area contributed by atoms with Gasteiger partial charge in [-0.25, -0.2) is 4.98 Å². The first-order valence-corrected chi connectivity index (χ1v) is 8.81. The van der Waals surface area contributed by atoms with Gasteiger partial charge in [0.15, 0.2) is 0 Å². The second-order valence-electron chi connectivity index (χ2n) is 6.80. The van der Waals surface area contributed by atoms with Gasteiger partial charge in [-0.05, 0) is 18.6 Å². The summed E-state index contributed by atoms with van der Waals surface area (Å²) in [4.78, 5) is 31.1. The SMILES string of the molecule is CC(=O)N[C@@H]1[C@@H](NC(=O)COCc2nc3ccccc3[nH]2)[C@H]2CCO[C@H]21. The van der Waals surface area contributed by atoms with Gasteiger partial charge in [-0.2, -0.15) is 0 Å². The Kier molecular flexibility index (Phi) is 4.60. The Morgan fingerprint density at radius 1 is 1.31 bits per heavy atom. The summed E-state index contributed by atoms with van der Waals surface area (Å²) in [7, 11) is 0. The lowest BCUT2D eigenvalue weighted by atomic mass is 9.71. The number of carbonyl (C=O) groups is 2. The van der Waals surface area contributed by atoms with Gasteiger partial charge in [0.05, 0.1) is 29.2 Å². The summed E-state index contributed by atoms with van der Waals surface area (Å²) in [5.74, 6) is 0.616. The maximum absolute atomic E-state index is 12.2. The highest BCUT2D eigenvalue weighted by Gasteiger charge is 2.54. The lowest BCUT2D eigenvalue weighted by Crippen LogP contribution is -2.71. The normalized spacial score (nSPS) is 27.0. The predicted octanol–water partition coefficient (Wildman–Crippen LogP) is 0.488. The number of amides is 2. The van der Waals surface area contributed by atoms with Gasteiger partial charge in [-0.3, -0.25) is 9.59 Å². The number of nitrogens with one attached hydrogen (secondary N) is 3.